The van der Waals surface area contributed by atoms with Crippen molar-refractivity contribution in [2.45, 2.75) is 25.8 Å². The Kier molecular flexibility index (Phi) is 4.97. The third-order valence-electron chi connectivity index (χ3n) is 2.35. The molecule has 94 valence electrons. The van der Waals surface area contributed by atoms with Gasteiger partial charge in [-0.1, -0.05) is 23.7 Å². The van der Waals surface area contributed by atoms with Crippen molar-refractivity contribution in [3.63, 3.8) is 0 Å². The number of halogens is 1. The molecule has 0 fully saturated rings. The topological polar surface area (TPSA) is 41.1 Å². The van der Waals surface area contributed by atoms with E-state index in [1.165, 1.54) is 0 Å². The van der Waals surface area contributed by atoms with E-state index in [-0.39, 0.29) is 11.4 Å². The first kappa shape index (κ1) is 14.0. The van der Waals surface area contributed by atoms with E-state index in [0.717, 1.165) is 17.0 Å². The molecule has 0 saturated heterocycles. The third kappa shape index (κ3) is 5.20. The van der Waals surface area contributed by atoms with Crippen LogP contribution < -0.4 is 10.6 Å². The summed E-state index contributed by atoms with van der Waals surface area (Å²) >= 11 is 5.93. The zero-order chi connectivity index (χ0) is 12.9. The van der Waals surface area contributed by atoms with Crippen LogP contribution in [0.4, 0.5) is 0 Å². The van der Waals surface area contributed by atoms with Crippen LogP contribution in [0, 0.1) is 0 Å². The molecule has 0 aromatic heterocycles. The summed E-state index contributed by atoms with van der Waals surface area (Å²) in [7, 11) is 1.75. The van der Waals surface area contributed by atoms with E-state index in [4.69, 9.17) is 11.6 Å². The number of benzene rings is 1. The highest BCUT2D eigenvalue weighted by Crippen LogP contribution is 2.16. The van der Waals surface area contributed by atoms with Crippen LogP contribution in [-0.2, 0) is 11.2 Å². The molecule has 0 radical (unpaired) electrons. The molecule has 1 aromatic rings. The van der Waals surface area contributed by atoms with Crippen LogP contribution in [0.25, 0.3) is 0 Å². The van der Waals surface area contributed by atoms with Gasteiger partial charge in [0.1, 0.15) is 0 Å². The van der Waals surface area contributed by atoms with Gasteiger partial charge in [-0.15, -0.1) is 0 Å². The van der Waals surface area contributed by atoms with Crippen LogP contribution in [0.1, 0.15) is 19.4 Å². The Morgan fingerprint density at radius 1 is 1.41 bits per heavy atom. The van der Waals surface area contributed by atoms with E-state index in [2.05, 4.69) is 10.6 Å². The van der Waals surface area contributed by atoms with Gasteiger partial charge in [-0.2, -0.15) is 0 Å². The summed E-state index contributed by atoms with van der Waals surface area (Å²) in [5.74, 6) is -0.000437. The summed E-state index contributed by atoms with van der Waals surface area (Å²) in [6.45, 7) is 4.34. The first-order chi connectivity index (χ1) is 7.93. The summed E-state index contributed by atoms with van der Waals surface area (Å²) < 4.78 is 0. The maximum atomic E-state index is 11.5. The molecular weight excluding hydrogens is 236 g/mol. The minimum Gasteiger partial charge on any atom is -0.350 e. The highest BCUT2D eigenvalue weighted by molar-refractivity contribution is 6.30. The van der Waals surface area contributed by atoms with Crippen LogP contribution in [0.15, 0.2) is 24.3 Å². The standard InChI is InChI=1S/C13H19ClN2O/c1-13(2,16-12(17)9-15-3)8-10-5-4-6-11(14)7-10/h4-7,15H,8-9H2,1-3H3,(H,16,17). The number of amides is 1. The quantitative estimate of drug-likeness (QED) is 0.844. The van der Waals surface area contributed by atoms with Gasteiger partial charge < -0.3 is 10.6 Å². The van der Waals surface area contributed by atoms with Crippen molar-refractivity contribution < 1.29 is 4.79 Å². The van der Waals surface area contributed by atoms with Crippen LogP contribution >= 0.6 is 11.6 Å². The van der Waals surface area contributed by atoms with Crippen molar-refractivity contribution in [1.82, 2.24) is 10.6 Å². The Bertz CT molecular complexity index is 391. The minimum atomic E-state index is -0.279. The first-order valence-electron chi connectivity index (χ1n) is 5.63. The van der Waals surface area contributed by atoms with Crippen molar-refractivity contribution in [2.24, 2.45) is 0 Å². The van der Waals surface area contributed by atoms with E-state index in [1.807, 2.05) is 38.1 Å². The lowest BCUT2D eigenvalue weighted by atomic mass is 9.95. The van der Waals surface area contributed by atoms with Gasteiger partial charge in [0.25, 0.3) is 0 Å². The number of rotatable bonds is 5. The summed E-state index contributed by atoms with van der Waals surface area (Å²) in [5, 5.41) is 6.53. The molecule has 3 nitrogen and oxygen atoms in total. The van der Waals surface area contributed by atoms with Crippen LogP contribution in [0.3, 0.4) is 0 Å². The van der Waals surface area contributed by atoms with Crippen molar-refractivity contribution in [2.75, 3.05) is 13.6 Å². The molecule has 1 aromatic carbocycles. The molecule has 0 aliphatic carbocycles. The highest BCUT2D eigenvalue weighted by atomic mass is 35.5. The Hall–Kier alpha value is -1.06. The number of hydrogen-bond donors (Lipinski definition) is 2. The lowest BCUT2D eigenvalue weighted by Crippen LogP contribution is -2.47. The molecule has 0 saturated carbocycles. The molecule has 2 N–H and O–H groups in total. The predicted octanol–water partition coefficient (Wildman–Crippen LogP) is 2.00. The smallest absolute Gasteiger partial charge is 0.234 e. The fourth-order valence-electron chi connectivity index (χ4n) is 1.78. The molecule has 0 bridgehead atoms. The normalized spacial score (nSPS) is 11.3. The van der Waals surface area contributed by atoms with Gasteiger partial charge in [-0.3, -0.25) is 4.79 Å². The number of hydrogen-bond acceptors (Lipinski definition) is 2. The average Bonchev–Trinajstić information content (AvgIpc) is 2.15. The lowest BCUT2D eigenvalue weighted by Gasteiger charge is -2.26. The molecule has 17 heavy (non-hydrogen) atoms. The predicted molar refractivity (Wildman–Crippen MR) is 71.3 cm³/mol. The minimum absolute atomic E-state index is 0.000437. The first-order valence-corrected chi connectivity index (χ1v) is 6.01. The van der Waals surface area contributed by atoms with Crippen molar-refractivity contribution >= 4 is 17.5 Å². The largest absolute Gasteiger partial charge is 0.350 e. The SMILES string of the molecule is CNCC(=O)NC(C)(C)Cc1cccc(Cl)c1. The summed E-state index contributed by atoms with van der Waals surface area (Å²) in [5.41, 5.74) is 0.839. The second-order valence-corrected chi connectivity index (χ2v) is 5.21. The van der Waals surface area contributed by atoms with Gasteiger partial charge in [-0.25, -0.2) is 0 Å². The zero-order valence-electron chi connectivity index (χ0n) is 10.5. The maximum absolute atomic E-state index is 11.5. The monoisotopic (exact) mass is 254 g/mol. The molecule has 1 amide bonds. The molecule has 4 heteroatoms. The number of carbonyl (C=O) groups is 1. The third-order valence-corrected chi connectivity index (χ3v) is 2.59. The Labute approximate surface area is 108 Å². The van der Waals surface area contributed by atoms with Crippen molar-refractivity contribution in [1.29, 1.82) is 0 Å². The number of carbonyl (C=O) groups excluding carboxylic acids is 1. The van der Waals surface area contributed by atoms with Gasteiger partial charge in [0.05, 0.1) is 6.54 Å². The second kappa shape index (κ2) is 6.03. The average molecular weight is 255 g/mol. The summed E-state index contributed by atoms with van der Waals surface area (Å²) in [6.07, 6.45) is 0.753. The molecule has 0 spiro atoms. The molecule has 0 atom stereocenters. The Balaban J connectivity index is 2.62. The van der Waals surface area contributed by atoms with Gasteiger partial charge in [0, 0.05) is 10.6 Å². The number of nitrogens with one attached hydrogen (secondary N) is 2. The van der Waals surface area contributed by atoms with E-state index >= 15 is 0 Å². The number of likely N-dealkylation sites (N-methyl/N-ethyl adjacent to an activating group) is 1. The van der Waals surface area contributed by atoms with Gasteiger partial charge >= 0.3 is 0 Å². The second-order valence-electron chi connectivity index (χ2n) is 4.77. The van der Waals surface area contributed by atoms with E-state index in [9.17, 15) is 4.79 Å². The van der Waals surface area contributed by atoms with Crippen LogP contribution in [-0.4, -0.2) is 25.0 Å². The van der Waals surface area contributed by atoms with Gasteiger partial charge in [0.2, 0.25) is 5.91 Å². The Morgan fingerprint density at radius 3 is 2.71 bits per heavy atom. The fraction of sp³-hybridized carbons (Fsp3) is 0.462. The van der Waals surface area contributed by atoms with E-state index in [1.54, 1.807) is 7.05 Å². The molecule has 0 unspecified atom stereocenters. The molecule has 0 aliphatic heterocycles. The highest BCUT2D eigenvalue weighted by Gasteiger charge is 2.20. The molecule has 0 aliphatic rings. The molecule has 1 rings (SSSR count). The summed E-state index contributed by atoms with van der Waals surface area (Å²) in [6, 6.07) is 7.70. The Morgan fingerprint density at radius 2 is 2.12 bits per heavy atom. The van der Waals surface area contributed by atoms with Crippen molar-refractivity contribution in [3.8, 4) is 0 Å². The van der Waals surface area contributed by atoms with E-state index < -0.39 is 0 Å². The zero-order valence-corrected chi connectivity index (χ0v) is 11.3. The molecule has 0 heterocycles. The maximum Gasteiger partial charge on any atom is 0.234 e. The molecular formula is C13H19ClN2O. The lowest BCUT2D eigenvalue weighted by molar-refractivity contribution is -0.121. The fourth-order valence-corrected chi connectivity index (χ4v) is 2.00. The van der Waals surface area contributed by atoms with E-state index in [0.29, 0.717) is 6.54 Å². The van der Waals surface area contributed by atoms with Gasteiger partial charge in [0.15, 0.2) is 0 Å². The van der Waals surface area contributed by atoms with Crippen LogP contribution in [0.5, 0.6) is 0 Å². The van der Waals surface area contributed by atoms with Crippen LogP contribution in [0.2, 0.25) is 5.02 Å². The van der Waals surface area contributed by atoms with Gasteiger partial charge in [-0.05, 0) is 45.0 Å². The van der Waals surface area contributed by atoms with Crippen molar-refractivity contribution in [3.05, 3.63) is 34.9 Å². The summed E-state index contributed by atoms with van der Waals surface area (Å²) in [4.78, 5) is 11.5.